The van der Waals surface area contributed by atoms with Crippen LogP contribution in [0.25, 0.3) is 0 Å². The molecule has 0 saturated carbocycles. The first-order valence-corrected chi connectivity index (χ1v) is 5.78. The average Bonchev–Trinajstić information content (AvgIpc) is 2.03. The van der Waals surface area contributed by atoms with Crippen LogP contribution < -0.4 is 17.0 Å². The van der Waals surface area contributed by atoms with E-state index in [1.807, 2.05) is 0 Å². The molecule has 0 aliphatic carbocycles. The molecule has 0 aromatic heterocycles. The SMILES string of the molecule is C[N+]1(CCCBr)CCCCC1.[Br-]. The molecule has 0 radical (unpaired) electrons. The molecule has 1 aliphatic rings. The van der Waals surface area contributed by atoms with E-state index in [0.29, 0.717) is 0 Å². The lowest BCUT2D eigenvalue weighted by molar-refractivity contribution is -0.914. The van der Waals surface area contributed by atoms with Gasteiger partial charge < -0.3 is 21.5 Å². The highest BCUT2D eigenvalue weighted by Gasteiger charge is 2.23. The summed E-state index contributed by atoms with van der Waals surface area (Å²) in [4.78, 5) is 0. The molecule has 12 heavy (non-hydrogen) atoms. The van der Waals surface area contributed by atoms with E-state index >= 15 is 0 Å². The molecule has 3 heteroatoms. The molecule has 1 fully saturated rings. The number of hydrogen-bond acceptors (Lipinski definition) is 0. The Morgan fingerprint density at radius 1 is 1.17 bits per heavy atom. The van der Waals surface area contributed by atoms with E-state index in [1.165, 1.54) is 55.1 Å². The summed E-state index contributed by atoms with van der Waals surface area (Å²) in [5.74, 6) is 0. The van der Waals surface area contributed by atoms with Crippen LogP contribution in [-0.4, -0.2) is 36.5 Å². The van der Waals surface area contributed by atoms with Crippen molar-refractivity contribution in [2.75, 3.05) is 32.0 Å². The van der Waals surface area contributed by atoms with Gasteiger partial charge in [-0.2, -0.15) is 0 Å². The minimum absolute atomic E-state index is 0. The van der Waals surface area contributed by atoms with E-state index in [-0.39, 0.29) is 17.0 Å². The molecule has 0 atom stereocenters. The minimum Gasteiger partial charge on any atom is -1.00 e. The highest BCUT2D eigenvalue weighted by Crippen LogP contribution is 2.16. The third-order valence-electron chi connectivity index (χ3n) is 2.73. The third-order valence-corrected chi connectivity index (χ3v) is 3.29. The molecule has 1 heterocycles. The van der Waals surface area contributed by atoms with Crippen LogP contribution in [-0.2, 0) is 0 Å². The minimum atomic E-state index is 0. The molecule has 1 aliphatic heterocycles. The summed E-state index contributed by atoms with van der Waals surface area (Å²) in [5.41, 5.74) is 0. The Kier molecular flexibility index (Phi) is 6.87. The first-order valence-electron chi connectivity index (χ1n) is 4.66. The average molecular weight is 301 g/mol. The third kappa shape index (κ3) is 4.24. The van der Waals surface area contributed by atoms with E-state index in [0.717, 1.165) is 0 Å². The van der Waals surface area contributed by atoms with Crippen LogP contribution in [0.5, 0.6) is 0 Å². The van der Waals surface area contributed by atoms with Crippen molar-refractivity contribution < 1.29 is 21.5 Å². The summed E-state index contributed by atoms with van der Waals surface area (Å²) in [7, 11) is 2.40. The lowest BCUT2D eigenvalue weighted by atomic mass is 10.1. The van der Waals surface area contributed by atoms with Gasteiger partial charge in [-0.25, -0.2) is 0 Å². The molecule has 74 valence electrons. The summed E-state index contributed by atoms with van der Waals surface area (Å²) >= 11 is 3.49. The van der Waals surface area contributed by atoms with E-state index in [2.05, 4.69) is 23.0 Å². The van der Waals surface area contributed by atoms with Crippen molar-refractivity contribution in [2.45, 2.75) is 25.7 Å². The second-order valence-corrected chi connectivity index (χ2v) is 4.69. The first-order chi connectivity index (χ1) is 5.27. The van der Waals surface area contributed by atoms with Crippen LogP contribution in [0, 0.1) is 0 Å². The predicted octanol–water partition coefficient (Wildman–Crippen LogP) is -0.594. The summed E-state index contributed by atoms with van der Waals surface area (Å²) in [6, 6.07) is 0. The molecule has 0 aromatic carbocycles. The van der Waals surface area contributed by atoms with Crippen molar-refractivity contribution in [3.63, 3.8) is 0 Å². The molecule has 0 aromatic rings. The smallest absolute Gasteiger partial charge is 0.0792 e. The van der Waals surface area contributed by atoms with Crippen LogP contribution in [0.4, 0.5) is 0 Å². The monoisotopic (exact) mass is 299 g/mol. The van der Waals surface area contributed by atoms with E-state index in [1.54, 1.807) is 0 Å². The standard InChI is InChI=1S/C9H19BrN.BrH/c1-11(9-5-6-10)7-3-2-4-8-11;/h2-9H2,1H3;1H/q+1;/p-1. The zero-order valence-corrected chi connectivity index (χ0v) is 11.0. The molecule has 0 N–H and O–H groups in total. The lowest BCUT2D eigenvalue weighted by Crippen LogP contribution is -3.00. The molecule has 1 rings (SSSR count). The van der Waals surface area contributed by atoms with Crippen LogP contribution in [0.1, 0.15) is 25.7 Å². The molecule has 0 spiro atoms. The van der Waals surface area contributed by atoms with Crippen LogP contribution in [0.15, 0.2) is 0 Å². The number of piperidine rings is 1. The van der Waals surface area contributed by atoms with Gasteiger partial charge in [0.2, 0.25) is 0 Å². The molecule has 0 amide bonds. The number of likely N-dealkylation sites (tertiary alicyclic amines) is 1. The van der Waals surface area contributed by atoms with Crippen LogP contribution in [0.2, 0.25) is 0 Å². The summed E-state index contributed by atoms with van der Waals surface area (Å²) in [6.45, 7) is 4.19. The van der Waals surface area contributed by atoms with Gasteiger partial charge in [-0.3, -0.25) is 0 Å². The number of nitrogens with zero attached hydrogens (tertiary/aromatic N) is 1. The normalized spacial score (nSPS) is 21.5. The first kappa shape index (κ1) is 12.9. The Labute approximate surface area is 95.0 Å². The molecule has 1 nitrogen and oxygen atoms in total. The topological polar surface area (TPSA) is 0 Å². The Balaban J connectivity index is 0.00000121. The Morgan fingerprint density at radius 3 is 2.25 bits per heavy atom. The van der Waals surface area contributed by atoms with Gasteiger partial charge >= 0.3 is 0 Å². The fourth-order valence-corrected chi connectivity index (χ4v) is 2.19. The van der Waals surface area contributed by atoms with Crippen molar-refractivity contribution in [1.82, 2.24) is 0 Å². The quantitative estimate of drug-likeness (QED) is 0.483. The Hall–Kier alpha value is 0.920. The lowest BCUT2D eigenvalue weighted by Gasteiger charge is -2.37. The van der Waals surface area contributed by atoms with Gasteiger partial charge in [0.05, 0.1) is 26.7 Å². The molecule has 0 unspecified atom stereocenters. The molecular formula is C9H19Br2N. The van der Waals surface area contributed by atoms with Gasteiger partial charge in [-0.05, 0) is 19.3 Å². The highest BCUT2D eigenvalue weighted by molar-refractivity contribution is 9.09. The second kappa shape index (κ2) is 6.39. The van der Waals surface area contributed by atoms with Gasteiger partial charge in [0.1, 0.15) is 0 Å². The van der Waals surface area contributed by atoms with E-state index in [9.17, 15) is 0 Å². The van der Waals surface area contributed by atoms with Crippen molar-refractivity contribution in [1.29, 1.82) is 0 Å². The van der Waals surface area contributed by atoms with Gasteiger partial charge in [-0.1, -0.05) is 15.9 Å². The zero-order valence-electron chi connectivity index (χ0n) is 7.86. The Bertz CT molecular complexity index is 111. The number of halogens is 2. The largest absolute Gasteiger partial charge is 1.00 e. The fraction of sp³-hybridized carbons (Fsp3) is 1.00. The van der Waals surface area contributed by atoms with Crippen molar-refractivity contribution in [3.05, 3.63) is 0 Å². The number of alkyl halides is 1. The van der Waals surface area contributed by atoms with Crippen molar-refractivity contribution in [2.24, 2.45) is 0 Å². The maximum atomic E-state index is 3.49. The number of quaternary nitrogens is 1. The molecular weight excluding hydrogens is 282 g/mol. The molecule has 0 bridgehead atoms. The van der Waals surface area contributed by atoms with E-state index < -0.39 is 0 Å². The van der Waals surface area contributed by atoms with Gasteiger partial charge in [0, 0.05) is 11.8 Å². The zero-order chi connectivity index (χ0) is 8.16. The molecule has 1 saturated heterocycles. The maximum Gasteiger partial charge on any atom is 0.0792 e. The van der Waals surface area contributed by atoms with Crippen molar-refractivity contribution in [3.8, 4) is 0 Å². The summed E-state index contributed by atoms with van der Waals surface area (Å²) in [5, 5.41) is 1.17. The van der Waals surface area contributed by atoms with Gasteiger partial charge in [-0.15, -0.1) is 0 Å². The van der Waals surface area contributed by atoms with Crippen LogP contribution in [0.3, 0.4) is 0 Å². The Morgan fingerprint density at radius 2 is 1.75 bits per heavy atom. The second-order valence-electron chi connectivity index (χ2n) is 3.89. The maximum absolute atomic E-state index is 3.49. The highest BCUT2D eigenvalue weighted by atomic mass is 79.9. The summed E-state index contributed by atoms with van der Waals surface area (Å²) < 4.78 is 1.32. The van der Waals surface area contributed by atoms with Gasteiger partial charge in [0.25, 0.3) is 0 Å². The summed E-state index contributed by atoms with van der Waals surface area (Å²) in [6.07, 6.45) is 5.68. The number of hydrogen-bond donors (Lipinski definition) is 0. The van der Waals surface area contributed by atoms with Gasteiger partial charge in [0.15, 0.2) is 0 Å². The van der Waals surface area contributed by atoms with E-state index in [4.69, 9.17) is 0 Å². The fourth-order valence-electron chi connectivity index (χ4n) is 1.94. The van der Waals surface area contributed by atoms with Crippen molar-refractivity contribution >= 4 is 15.9 Å². The predicted molar refractivity (Wildman–Crippen MR) is 53.0 cm³/mol. The van der Waals surface area contributed by atoms with Crippen LogP contribution >= 0.6 is 15.9 Å². The number of rotatable bonds is 3.